The quantitative estimate of drug-likeness (QED) is 0.873. The van der Waals surface area contributed by atoms with Gasteiger partial charge in [-0.15, -0.1) is 0 Å². The highest BCUT2D eigenvalue weighted by atomic mass is 35.7. The number of amides is 1. The lowest BCUT2D eigenvalue weighted by Gasteiger charge is -2.06. The van der Waals surface area contributed by atoms with Gasteiger partial charge in [0, 0.05) is 23.9 Å². The number of hydrogen-bond acceptors (Lipinski definition) is 4. The number of halogens is 2. The van der Waals surface area contributed by atoms with Crippen LogP contribution in [0.1, 0.15) is 16.1 Å². The van der Waals surface area contributed by atoms with Crippen LogP contribution in [0.4, 0.5) is 10.1 Å². The van der Waals surface area contributed by atoms with Crippen LogP contribution in [0.15, 0.2) is 29.3 Å². The summed E-state index contributed by atoms with van der Waals surface area (Å²) in [6.07, 6.45) is 1.50. The molecule has 9 heteroatoms. The van der Waals surface area contributed by atoms with Crippen molar-refractivity contribution in [1.82, 2.24) is 9.78 Å². The van der Waals surface area contributed by atoms with Gasteiger partial charge in [0.1, 0.15) is 5.82 Å². The summed E-state index contributed by atoms with van der Waals surface area (Å²) < 4.78 is 37.4. The van der Waals surface area contributed by atoms with E-state index in [0.717, 1.165) is 18.2 Å². The minimum absolute atomic E-state index is 0.146. The van der Waals surface area contributed by atoms with E-state index < -0.39 is 20.8 Å². The largest absolute Gasteiger partial charge is 0.319 e. The Morgan fingerprint density at radius 2 is 2.10 bits per heavy atom. The maximum atomic E-state index is 13.8. The highest BCUT2D eigenvalue weighted by Gasteiger charge is 2.17. The molecule has 1 N–H and O–H groups in total. The van der Waals surface area contributed by atoms with Crippen molar-refractivity contribution in [3.63, 3.8) is 0 Å². The molecule has 0 spiro atoms. The summed E-state index contributed by atoms with van der Waals surface area (Å²) in [5, 5.41) is 6.36. The van der Waals surface area contributed by atoms with E-state index in [4.69, 9.17) is 10.7 Å². The lowest BCUT2D eigenvalue weighted by molar-refractivity contribution is 0.102. The van der Waals surface area contributed by atoms with Crippen molar-refractivity contribution in [1.29, 1.82) is 0 Å². The highest BCUT2D eigenvalue weighted by Crippen LogP contribution is 2.22. The van der Waals surface area contributed by atoms with E-state index in [2.05, 4.69) is 10.4 Å². The molecule has 1 amide bonds. The Hall–Kier alpha value is -1.93. The molecule has 0 saturated carbocycles. The second-order valence-corrected chi connectivity index (χ2v) is 6.90. The molecule has 0 bridgehead atoms. The predicted octanol–water partition coefficient (Wildman–Crippen LogP) is 2.05. The molecular formula is C12H11ClFN3O3S. The van der Waals surface area contributed by atoms with Gasteiger partial charge in [-0.25, -0.2) is 12.8 Å². The number of nitrogens with one attached hydrogen (secondary N) is 1. The summed E-state index contributed by atoms with van der Waals surface area (Å²) in [5.41, 5.74) is 0.647. The third kappa shape index (κ3) is 3.40. The number of aryl methyl sites for hydroxylation is 2. The van der Waals surface area contributed by atoms with Crippen LogP contribution in [0.3, 0.4) is 0 Å². The summed E-state index contributed by atoms with van der Waals surface area (Å²) in [7, 11) is 2.75. The Labute approximate surface area is 124 Å². The van der Waals surface area contributed by atoms with Gasteiger partial charge in [-0.1, -0.05) is 0 Å². The number of nitrogens with zero attached hydrogens (tertiary/aromatic N) is 2. The molecule has 2 aromatic rings. The van der Waals surface area contributed by atoms with Crippen LogP contribution >= 0.6 is 10.7 Å². The summed E-state index contributed by atoms with van der Waals surface area (Å²) in [5.74, 6) is -1.44. The fourth-order valence-corrected chi connectivity index (χ4v) is 2.52. The van der Waals surface area contributed by atoms with Crippen molar-refractivity contribution in [3.8, 4) is 0 Å². The first-order valence-corrected chi connectivity index (χ1v) is 8.05. The molecule has 0 aliphatic carbocycles. The van der Waals surface area contributed by atoms with Crippen molar-refractivity contribution in [2.24, 2.45) is 7.05 Å². The van der Waals surface area contributed by atoms with E-state index in [1.807, 2.05) is 0 Å². The van der Waals surface area contributed by atoms with Crippen LogP contribution in [0.2, 0.25) is 0 Å². The van der Waals surface area contributed by atoms with E-state index in [1.54, 1.807) is 14.0 Å². The van der Waals surface area contributed by atoms with E-state index in [1.165, 1.54) is 10.9 Å². The minimum atomic E-state index is -4.02. The van der Waals surface area contributed by atoms with Crippen LogP contribution in [0, 0.1) is 12.7 Å². The van der Waals surface area contributed by atoms with Crippen LogP contribution < -0.4 is 5.32 Å². The molecule has 112 valence electrons. The third-order valence-electron chi connectivity index (χ3n) is 2.73. The molecule has 1 aromatic carbocycles. The van der Waals surface area contributed by atoms with E-state index in [-0.39, 0.29) is 10.6 Å². The van der Waals surface area contributed by atoms with Crippen LogP contribution in [-0.4, -0.2) is 24.1 Å². The molecule has 0 unspecified atom stereocenters. The topological polar surface area (TPSA) is 81.1 Å². The second kappa shape index (κ2) is 5.45. The Morgan fingerprint density at radius 3 is 2.57 bits per heavy atom. The van der Waals surface area contributed by atoms with Crippen molar-refractivity contribution in [2.45, 2.75) is 11.8 Å². The Kier molecular flexibility index (Phi) is 4.02. The van der Waals surface area contributed by atoms with E-state index >= 15 is 0 Å². The predicted molar refractivity (Wildman–Crippen MR) is 75.3 cm³/mol. The first-order valence-electron chi connectivity index (χ1n) is 5.74. The van der Waals surface area contributed by atoms with Gasteiger partial charge < -0.3 is 5.32 Å². The minimum Gasteiger partial charge on any atom is -0.319 e. The molecule has 2 rings (SSSR count). The molecule has 0 atom stereocenters. The Balaban J connectivity index is 2.28. The highest BCUT2D eigenvalue weighted by molar-refractivity contribution is 8.13. The molecule has 0 aliphatic rings. The summed E-state index contributed by atoms with van der Waals surface area (Å²) in [6, 6.07) is 2.99. The summed E-state index contributed by atoms with van der Waals surface area (Å²) >= 11 is 0. The molecule has 6 nitrogen and oxygen atoms in total. The first-order chi connectivity index (χ1) is 9.68. The maximum absolute atomic E-state index is 13.8. The van der Waals surface area contributed by atoms with E-state index in [9.17, 15) is 17.6 Å². The van der Waals surface area contributed by atoms with Crippen LogP contribution in [0.25, 0.3) is 0 Å². The van der Waals surface area contributed by atoms with Gasteiger partial charge in [0.2, 0.25) is 0 Å². The monoisotopic (exact) mass is 331 g/mol. The molecule has 0 radical (unpaired) electrons. The number of carbonyl (C=O) groups excluding carboxylic acids is 1. The van der Waals surface area contributed by atoms with Gasteiger partial charge in [-0.3, -0.25) is 9.48 Å². The SMILES string of the molecule is Cc1nn(C)cc1C(=O)Nc1ccc(S(=O)(=O)Cl)cc1F. The van der Waals surface area contributed by atoms with Gasteiger partial charge in [0.15, 0.2) is 0 Å². The first kappa shape index (κ1) is 15.5. The number of benzene rings is 1. The van der Waals surface area contributed by atoms with Gasteiger partial charge in [0.25, 0.3) is 15.0 Å². The van der Waals surface area contributed by atoms with Crippen LogP contribution in [0.5, 0.6) is 0 Å². The van der Waals surface area contributed by atoms with Crippen molar-refractivity contribution < 1.29 is 17.6 Å². The third-order valence-corrected chi connectivity index (χ3v) is 4.08. The fraction of sp³-hybridized carbons (Fsp3) is 0.167. The van der Waals surface area contributed by atoms with Crippen molar-refractivity contribution >= 4 is 31.3 Å². The molecule has 1 aromatic heterocycles. The van der Waals surface area contributed by atoms with Crippen molar-refractivity contribution in [2.75, 3.05) is 5.32 Å². The maximum Gasteiger partial charge on any atom is 0.261 e. The second-order valence-electron chi connectivity index (χ2n) is 4.34. The number of anilines is 1. The van der Waals surface area contributed by atoms with Gasteiger partial charge in [0.05, 0.1) is 21.8 Å². The standard InChI is InChI=1S/C12H11ClFN3O3S/c1-7-9(6-17(2)16-7)12(18)15-11-4-3-8(5-10(11)14)21(13,19)20/h3-6H,1-2H3,(H,15,18). The molecule has 1 heterocycles. The molecule has 0 saturated heterocycles. The molecule has 0 aliphatic heterocycles. The zero-order valence-corrected chi connectivity index (χ0v) is 12.7. The van der Waals surface area contributed by atoms with E-state index in [0.29, 0.717) is 11.3 Å². The Morgan fingerprint density at radius 1 is 1.43 bits per heavy atom. The smallest absolute Gasteiger partial charge is 0.261 e. The molecule has 21 heavy (non-hydrogen) atoms. The summed E-state index contributed by atoms with van der Waals surface area (Å²) in [4.78, 5) is 11.6. The van der Waals surface area contributed by atoms with Gasteiger partial charge in [-0.05, 0) is 25.1 Å². The average Bonchev–Trinajstić information content (AvgIpc) is 2.69. The normalized spacial score (nSPS) is 11.4. The number of aromatic nitrogens is 2. The zero-order chi connectivity index (χ0) is 15.8. The molecular weight excluding hydrogens is 321 g/mol. The number of hydrogen-bond donors (Lipinski definition) is 1. The van der Waals surface area contributed by atoms with Gasteiger partial charge in [-0.2, -0.15) is 5.10 Å². The summed E-state index contributed by atoms with van der Waals surface area (Å²) in [6.45, 7) is 1.65. The lowest BCUT2D eigenvalue weighted by atomic mass is 10.2. The van der Waals surface area contributed by atoms with Crippen molar-refractivity contribution in [3.05, 3.63) is 41.5 Å². The average molecular weight is 332 g/mol. The number of rotatable bonds is 3. The lowest BCUT2D eigenvalue weighted by Crippen LogP contribution is -2.13. The zero-order valence-electron chi connectivity index (χ0n) is 11.1. The van der Waals surface area contributed by atoms with Gasteiger partial charge >= 0.3 is 0 Å². The Bertz CT molecular complexity index is 817. The van der Waals surface area contributed by atoms with Crippen LogP contribution in [-0.2, 0) is 16.1 Å². The number of carbonyl (C=O) groups is 1. The fourth-order valence-electron chi connectivity index (χ4n) is 1.76. The molecule has 0 fully saturated rings.